The first-order valence-electron chi connectivity index (χ1n) is 5.40. The van der Waals surface area contributed by atoms with Crippen LogP contribution in [0.2, 0.25) is 0 Å². The van der Waals surface area contributed by atoms with E-state index in [0.717, 1.165) is 18.4 Å². The standard InChI is InChI=1S/C12H18N2O2/c1-10(13(2)3)4-5-11-6-8-12(9-7-11)14(15)16/h6-10H,4-5H2,1-3H3. The normalized spacial score (nSPS) is 12.8. The fourth-order valence-corrected chi connectivity index (χ4v) is 1.42. The van der Waals surface area contributed by atoms with Crippen LogP contribution in [-0.2, 0) is 6.42 Å². The summed E-state index contributed by atoms with van der Waals surface area (Å²) in [6.07, 6.45) is 2.02. The van der Waals surface area contributed by atoms with E-state index in [1.807, 2.05) is 12.1 Å². The fraction of sp³-hybridized carbons (Fsp3) is 0.500. The average molecular weight is 222 g/mol. The molecule has 88 valence electrons. The maximum Gasteiger partial charge on any atom is 0.269 e. The third kappa shape index (κ3) is 3.62. The fourth-order valence-electron chi connectivity index (χ4n) is 1.42. The molecule has 0 aliphatic carbocycles. The number of nitrogens with zero attached hydrogens (tertiary/aromatic N) is 2. The average Bonchev–Trinajstić information content (AvgIpc) is 2.26. The lowest BCUT2D eigenvalue weighted by atomic mass is 10.1. The second kappa shape index (κ2) is 5.61. The summed E-state index contributed by atoms with van der Waals surface area (Å²) in [4.78, 5) is 12.3. The number of rotatable bonds is 5. The van der Waals surface area contributed by atoms with Crippen LogP contribution in [0.15, 0.2) is 24.3 Å². The predicted octanol–water partition coefficient (Wildman–Crippen LogP) is 2.48. The minimum absolute atomic E-state index is 0.157. The monoisotopic (exact) mass is 222 g/mol. The van der Waals surface area contributed by atoms with Crippen molar-refractivity contribution in [2.75, 3.05) is 14.1 Å². The van der Waals surface area contributed by atoms with Gasteiger partial charge in [-0.05, 0) is 39.4 Å². The first-order chi connectivity index (χ1) is 7.50. The van der Waals surface area contributed by atoms with Crippen LogP contribution >= 0.6 is 0 Å². The number of non-ortho nitro benzene ring substituents is 1. The van der Waals surface area contributed by atoms with E-state index in [1.165, 1.54) is 0 Å². The van der Waals surface area contributed by atoms with Crippen molar-refractivity contribution in [3.8, 4) is 0 Å². The van der Waals surface area contributed by atoms with Gasteiger partial charge in [-0.25, -0.2) is 0 Å². The van der Waals surface area contributed by atoms with Crippen molar-refractivity contribution in [3.63, 3.8) is 0 Å². The van der Waals surface area contributed by atoms with Gasteiger partial charge in [0.2, 0.25) is 0 Å². The van der Waals surface area contributed by atoms with Crippen molar-refractivity contribution in [3.05, 3.63) is 39.9 Å². The Bertz CT molecular complexity index is 347. The molecule has 4 nitrogen and oxygen atoms in total. The molecule has 0 radical (unpaired) electrons. The second-order valence-electron chi connectivity index (χ2n) is 4.27. The molecule has 0 amide bonds. The van der Waals surface area contributed by atoms with Crippen molar-refractivity contribution in [2.24, 2.45) is 0 Å². The topological polar surface area (TPSA) is 46.4 Å². The summed E-state index contributed by atoms with van der Waals surface area (Å²) in [7, 11) is 4.11. The number of nitro benzene ring substituents is 1. The smallest absolute Gasteiger partial charge is 0.269 e. The van der Waals surface area contributed by atoms with Crippen LogP contribution in [0, 0.1) is 10.1 Å². The summed E-state index contributed by atoms with van der Waals surface area (Å²) in [6.45, 7) is 2.17. The van der Waals surface area contributed by atoms with Crippen molar-refractivity contribution in [1.82, 2.24) is 4.90 Å². The molecule has 1 unspecified atom stereocenters. The Morgan fingerprint density at radius 3 is 2.31 bits per heavy atom. The lowest BCUT2D eigenvalue weighted by molar-refractivity contribution is -0.384. The lowest BCUT2D eigenvalue weighted by Crippen LogP contribution is -2.24. The van der Waals surface area contributed by atoms with E-state index < -0.39 is 0 Å². The van der Waals surface area contributed by atoms with Crippen LogP contribution in [-0.4, -0.2) is 30.0 Å². The molecule has 0 saturated heterocycles. The van der Waals surface area contributed by atoms with Gasteiger partial charge in [0.05, 0.1) is 4.92 Å². The molecule has 1 rings (SSSR count). The van der Waals surface area contributed by atoms with E-state index in [0.29, 0.717) is 6.04 Å². The highest BCUT2D eigenvalue weighted by molar-refractivity contribution is 5.32. The van der Waals surface area contributed by atoms with Gasteiger partial charge in [-0.1, -0.05) is 12.1 Å². The molecule has 0 aliphatic rings. The van der Waals surface area contributed by atoms with Gasteiger partial charge in [0.1, 0.15) is 0 Å². The highest BCUT2D eigenvalue weighted by atomic mass is 16.6. The summed E-state index contributed by atoms with van der Waals surface area (Å²) in [6, 6.07) is 7.32. The molecule has 1 aromatic rings. The molecule has 0 saturated carbocycles. The largest absolute Gasteiger partial charge is 0.307 e. The zero-order valence-electron chi connectivity index (χ0n) is 10.0. The van der Waals surface area contributed by atoms with E-state index in [1.54, 1.807) is 12.1 Å². The summed E-state index contributed by atoms with van der Waals surface area (Å²) in [5.74, 6) is 0. The first-order valence-corrected chi connectivity index (χ1v) is 5.40. The van der Waals surface area contributed by atoms with Gasteiger partial charge in [-0.3, -0.25) is 10.1 Å². The summed E-state index contributed by atoms with van der Waals surface area (Å²) in [5, 5.41) is 10.5. The third-order valence-electron chi connectivity index (χ3n) is 2.88. The predicted molar refractivity (Wildman–Crippen MR) is 64.6 cm³/mol. The van der Waals surface area contributed by atoms with Crippen LogP contribution < -0.4 is 0 Å². The Balaban J connectivity index is 2.53. The Kier molecular flexibility index (Phi) is 4.43. The molecular weight excluding hydrogens is 204 g/mol. The van der Waals surface area contributed by atoms with Crippen LogP contribution in [0.25, 0.3) is 0 Å². The van der Waals surface area contributed by atoms with Crippen molar-refractivity contribution in [2.45, 2.75) is 25.8 Å². The van der Waals surface area contributed by atoms with Gasteiger partial charge < -0.3 is 4.90 Å². The summed E-state index contributed by atoms with van der Waals surface area (Å²) in [5.41, 5.74) is 1.31. The Hall–Kier alpha value is -1.42. The van der Waals surface area contributed by atoms with Crippen LogP contribution in [0.1, 0.15) is 18.9 Å². The summed E-state index contributed by atoms with van der Waals surface area (Å²) >= 11 is 0. The van der Waals surface area contributed by atoms with Crippen molar-refractivity contribution in [1.29, 1.82) is 0 Å². The first kappa shape index (κ1) is 12.6. The third-order valence-corrected chi connectivity index (χ3v) is 2.88. The minimum atomic E-state index is -0.369. The van der Waals surface area contributed by atoms with E-state index >= 15 is 0 Å². The number of hydrogen-bond donors (Lipinski definition) is 0. The minimum Gasteiger partial charge on any atom is -0.307 e. The number of aryl methyl sites for hydroxylation is 1. The SMILES string of the molecule is CC(CCc1ccc([N+](=O)[O-])cc1)N(C)C. The van der Waals surface area contributed by atoms with Gasteiger partial charge in [-0.15, -0.1) is 0 Å². The molecule has 0 spiro atoms. The van der Waals surface area contributed by atoms with E-state index in [9.17, 15) is 10.1 Å². The number of benzene rings is 1. The molecule has 1 aromatic carbocycles. The molecular formula is C12H18N2O2. The molecule has 0 N–H and O–H groups in total. The van der Waals surface area contributed by atoms with Gasteiger partial charge in [0.25, 0.3) is 5.69 Å². The quantitative estimate of drug-likeness (QED) is 0.568. The van der Waals surface area contributed by atoms with Crippen LogP contribution in [0.4, 0.5) is 5.69 Å². The molecule has 16 heavy (non-hydrogen) atoms. The van der Waals surface area contributed by atoms with Gasteiger partial charge in [0.15, 0.2) is 0 Å². The van der Waals surface area contributed by atoms with Crippen molar-refractivity contribution < 1.29 is 4.92 Å². The molecule has 0 fully saturated rings. The van der Waals surface area contributed by atoms with Crippen molar-refractivity contribution >= 4 is 5.69 Å². The molecule has 0 aromatic heterocycles. The van der Waals surface area contributed by atoms with Gasteiger partial charge in [-0.2, -0.15) is 0 Å². The zero-order chi connectivity index (χ0) is 12.1. The van der Waals surface area contributed by atoms with E-state index in [4.69, 9.17) is 0 Å². The molecule has 1 atom stereocenters. The molecule has 4 heteroatoms. The Labute approximate surface area is 96.0 Å². The maximum absolute atomic E-state index is 10.5. The summed E-state index contributed by atoms with van der Waals surface area (Å²) < 4.78 is 0. The van der Waals surface area contributed by atoms with Crippen LogP contribution in [0.3, 0.4) is 0 Å². The van der Waals surface area contributed by atoms with E-state index in [-0.39, 0.29) is 10.6 Å². The molecule has 0 bridgehead atoms. The maximum atomic E-state index is 10.5. The van der Waals surface area contributed by atoms with Gasteiger partial charge >= 0.3 is 0 Å². The highest BCUT2D eigenvalue weighted by Gasteiger charge is 2.06. The Morgan fingerprint density at radius 2 is 1.88 bits per heavy atom. The van der Waals surface area contributed by atoms with Crippen LogP contribution in [0.5, 0.6) is 0 Å². The molecule has 0 aliphatic heterocycles. The Morgan fingerprint density at radius 1 is 1.31 bits per heavy atom. The van der Waals surface area contributed by atoms with E-state index in [2.05, 4.69) is 25.9 Å². The number of hydrogen-bond acceptors (Lipinski definition) is 3. The lowest BCUT2D eigenvalue weighted by Gasteiger charge is -2.19. The highest BCUT2D eigenvalue weighted by Crippen LogP contribution is 2.14. The number of nitro groups is 1. The second-order valence-corrected chi connectivity index (χ2v) is 4.27. The zero-order valence-corrected chi connectivity index (χ0v) is 10.0. The van der Waals surface area contributed by atoms with Gasteiger partial charge in [0, 0.05) is 18.2 Å². The molecule has 0 heterocycles.